The van der Waals surface area contributed by atoms with Crippen LogP contribution in [0.4, 0.5) is 16.2 Å². The van der Waals surface area contributed by atoms with E-state index < -0.39 is 12.0 Å². The summed E-state index contributed by atoms with van der Waals surface area (Å²) in [5, 5.41) is 13.9. The summed E-state index contributed by atoms with van der Waals surface area (Å²) in [6.07, 6.45) is 2.75. The molecule has 0 saturated heterocycles. The highest BCUT2D eigenvalue weighted by atomic mass is 16.5. The first-order chi connectivity index (χ1) is 10.1. The van der Waals surface area contributed by atoms with Crippen molar-refractivity contribution in [1.29, 1.82) is 0 Å². The Hall–Kier alpha value is -3.16. The number of ether oxygens (including phenoxy) is 1. The average molecular weight is 288 g/mol. The Morgan fingerprint density at radius 2 is 2.00 bits per heavy atom. The number of nitrogens with one attached hydrogen (secondary N) is 2. The summed E-state index contributed by atoms with van der Waals surface area (Å²) >= 11 is 0. The van der Waals surface area contributed by atoms with Gasteiger partial charge in [0.15, 0.2) is 5.69 Å². The Kier molecular flexibility index (Phi) is 4.30. The van der Waals surface area contributed by atoms with Crippen molar-refractivity contribution in [2.75, 3.05) is 17.7 Å². The zero-order valence-electron chi connectivity index (χ0n) is 11.0. The lowest BCUT2D eigenvalue weighted by Crippen LogP contribution is -2.21. The van der Waals surface area contributed by atoms with Gasteiger partial charge in [0.1, 0.15) is 0 Å². The second-order valence-electron chi connectivity index (χ2n) is 3.87. The quantitative estimate of drug-likeness (QED) is 0.791. The third-order valence-electron chi connectivity index (χ3n) is 2.46. The molecule has 21 heavy (non-hydrogen) atoms. The first kappa shape index (κ1) is 14.3. The standard InChI is InChI=1S/C13H12N4O4/c1-21-10-5-4-8(7-15-10)16-13(20)17-9-3-2-6-14-11(9)12(18)19/h2-7H,1H3,(H,18,19)(H2,16,17,20). The molecular weight excluding hydrogens is 276 g/mol. The van der Waals surface area contributed by atoms with Crippen LogP contribution in [0.15, 0.2) is 36.7 Å². The summed E-state index contributed by atoms with van der Waals surface area (Å²) in [4.78, 5) is 30.4. The molecule has 0 saturated carbocycles. The molecule has 3 N–H and O–H groups in total. The van der Waals surface area contributed by atoms with Crippen molar-refractivity contribution in [2.45, 2.75) is 0 Å². The van der Waals surface area contributed by atoms with E-state index >= 15 is 0 Å². The zero-order valence-corrected chi connectivity index (χ0v) is 11.0. The van der Waals surface area contributed by atoms with E-state index in [-0.39, 0.29) is 11.4 Å². The van der Waals surface area contributed by atoms with Crippen molar-refractivity contribution in [1.82, 2.24) is 9.97 Å². The van der Waals surface area contributed by atoms with E-state index in [1.54, 1.807) is 12.1 Å². The Morgan fingerprint density at radius 3 is 2.62 bits per heavy atom. The molecule has 0 radical (unpaired) electrons. The van der Waals surface area contributed by atoms with Crippen molar-refractivity contribution in [3.63, 3.8) is 0 Å². The smallest absolute Gasteiger partial charge is 0.356 e. The molecule has 0 atom stereocenters. The van der Waals surface area contributed by atoms with Gasteiger partial charge in [0.2, 0.25) is 5.88 Å². The highest BCUT2D eigenvalue weighted by molar-refractivity contribution is 6.03. The highest BCUT2D eigenvalue weighted by Gasteiger charge is 2.13. The Bertz CT molecular complexity index is 657. The van der Waals surface area contributed by atoms with E-state index in [9.17, 15) is 9.59 Å². The average Bonchev–Trinajstić information content (AvgIpc) is 2.48. The van der Waals surface area contributed by atoms with Gasteiger partial charge in [-0.05, 0) is 18.2 Å². The normalized spacial score (nSPS) is 9.76. The molecule has 2 aromatic heterocycles. The molecule has 0 aliphatic carbocycles. The van der Waals surface area contributed by atoms with E-state index in [0.29, 0.717) is 11.6 Å². The van der Waals surface area contributed by atoms with Gasteiger partial charge in [-0.15, -0.1) is 0 Å². The van der Waals surface area contributed by atoms with Crippen molar-refractivity contribution in [3.8, 4) is 5.88 Å². The summed E-state index contributed by atoms with van der Waals surface area (Å²) < 4.78 is 4.90. The second-order valence-corrected chi connectivity index (χ2v) is 3.87. The highest BCUT2D eigenvalue weighted by Crippen LogP contribution is 2.14. The molecule has 2 aromatic rings. The Morgan fingerprint density at radius 1 is 1.19 bits per heavy atom. The zero-order chi connectivity index (χ0) is 15.2. The number of methoxy groups -OCH3 is 1. The van der Waals surface area contributed by atoms with E-state index in [0.717, 1.165) is 0 Å². The Labute approximate surface area is 119 Å². The molecule has 0 fully saturated rings. The van der Waals surface area contributed by atoms with Crippen LogP contribution in [-0.2, 0) is 0 Å². The monoisotopic (exact) mass is 288 g/mol. The number of nitrogens with zero attached hydrogens (tertiary/aromatic N) is 2. The molecule has 0 aromatic carbocycles. The molecule has 8 heteroatoms. The number of amides is 2. The molecular formula is C13H12N4O4. The van der Waals surface area contributed by atoms with Gasteiger partial charge in [-0.3, -0.25) is 0 Å². The van der Waals surface area contributed by atoms with Gasteiger partial charge >= 0.3 is 12.0 Å². The molecule has 8 nitrogen and oxygen atoms in total. The van der Waals surface area contributed by atoms with E-state index in [2.05, 4.69) is 20.6 Å². The predicted molar refractivity (Wildman–Crippen MR) is 74.6 cm³/mol. The number of hydrogen-bond donors (Lipinski definition) is 3. The third kappa shape index (κ3) is 3.66. The maximum absolute atomic E-state index is 11.8. The number of hydrogen-bond acceptors (Lipinski definition) is 5. The van der Waals surface area contributed by atoms with Crippen LogP contribution < -0.4 is 15.4 Å². The van der Waals surface area contributed by atoms with Crippen LogP contribution in [0, 0.1) is 0 Å². The van der Waals surface area contributed by atoms with Gasteiger partial charge in [-0.25, -0.2) is 19.6 Å². The maximum atomic E-state index is 11.8. The van der Waals surface area contributed by atoms with Gasteiger partial charge in [0.05, 0.1) is 24.7 Å². The minimum absolute atomic E-state index is 0.101. The molecule has 0 bridgehead atoms. The number of anilines is 2. The fourth-order valence-corrected chi connectivity index (χ4v) is 1.54. The van der Waals surface area contributed by atoms with Crippen molar-refractivity contribution < 1.29 is 19.4 Å². The molecule has 0 unspecified atom stereocenters. The number of carboxylic acids is 1. The minimum atomic E-state index is -1.22. The SMILES string of the molecule is COc1ccc(NC(=O)Nc2cccnc2C(=O)O)cn1. The van der Waals surface area contributed by atoms with Gasteiger partial charge in [-0.1, -0.05) is 0 Å². The number of carbonyl (C=O) groups excluding carboxylic acids is 1. The fraction of sp³-hybridized carbons (Fsp3) is 0.0769. The van der Waals surface area contributed by atoms with E-state index in [1.165, 1.54) is 31.6 Å². The summed E-state index contributed by atoms with van der Waals surface area (Å²) in [6.45, 7) is 0. The number of aromatic nitrogens is 2. The van der Waals surface area contributed by atoms with Crippen LogP contribution in [0.25, 0.3) is 0 Å². The number of urea groups is 1. The van der Waals surface area contributed by atoms with Gasteiger partial charge in [-0.2, -0.15) is 0 Å². The first-order valence-corrected chi connectivity index (χ1v) is 5.86. The van der Waals surface area contributed by atoms with Crippen LogP contribution >= 0.6 is 0 Å². The van der Waals surface area contributed by atoms with E-state index in [1.807, 2.05) is 0 Å². The second kappa shape index (κ2) is 6.33. The predicted octanol–water partition coefficient (Wildman–Crippen LogP) is 1.83. The number of carbonyl (C=O) groups is 2. The number of rotatable bonds is 4. The van der Waals surface area contributed by atoms with Crippen LogP contribution in [0.2, 0.25) is 0 Å². The van der Waals surface area contributed by atoms with Crippen LogP contribution in [-0.4, -0.2) is 34.2 Å². The molecule has 0 aliphatic rings. The molecule has 0 aliphatic heterocycles. The fourth-order valence-electron chi connectivity index (χ4n) is 1.54. The molecule has 0 spiro atoms. The van der Waals surface area contributed by atoms with Crippen LogP contribution in [0.1, 0.15) is 10.5 Å². The topological polar surface area (TPSA) is 113 Å². The molecule has 2 amide bonds. The van der Waals surface area contributed by atoms with Crippen molar-refractivity contribution in [2.24, 2.45) is 0 Å². The van der Waals surface area contributed by atoms with Crippen LogP contribution in [0.3, 0.4) is 0 Å². The summed E-state index contributed by atoms with van der Waals surface area (Å²) in [5.74, 6) is -0.807. The van der Waals surface area contributed by atoms with Gasteiger partial charge in [0, 0.05) is 12.3 Å². The maximum Gasteiger partial charge on any atom is 0.356 e. The Balaban J connectivity index is 2.06. The largest absolute Gasteiger partial charge is 0.481 e. The number of aromatic carboxylic acids is 1. The number of pyridine rings is 2. The lowest BCUT2D eigenvalue weighted by Gasteiger charge is -2.09. The molecule has 2 rings (SSSR count). The first-order valence-electron chi connectivity index (χ1n) is 5.86. The lowest BCUT2D eigenvalue weighted by atomic mass is 10.3. The molecule has 108 valence electrons. The summed E-state index contributed by atoms with van der Waals surface area (Å²) in [7, 11) is 1.48. The summed E-state index contributed by atoms with van der Waals surface area (Å²) in [6, 6.07) is 5.56. The van der Waals surface area contributed by atoms with Gasteiger partial charge < -0.3 is 20.5 Å². The molecule has 2 heterocycles. The third-order valence-corrected chi connectivity index (χ3v) is 2.46. The van der Waals surface area contributed by atoms with Crippen LogP contribution in [0.5, 0.6) is 5.88 Å². The number of carboxylic acid groups (broad SMARTS) is 1. The summed E-state index contributed by atoms with van der Waals surface area (Å²) in [5.41, 5.74) is 0.304. The minimum Gasteiger partial charge on any atom is -0.481 e. The van der Waals surface area contributed by atoms with Crippen molar-refractivity contribution >= 4 is 23.4 Å². The van der Waals surface area contributed by atoms with Crippen molar-refractivity contribution in [3.05, 3.63) is 42.4 Å². The van der Waals surface area contributed by atoms with E-state index in [4.69, 9.17) is 9.84 Å². The van der Waals surface area contributed by atoms with Gasteiger partial charge in [0.25, 0.3) is 0 Å². The lowest BCUT2D eigenvalue weighted by molar-refractivity contribution is 0.0691.